The molecule has 0 fully saturated rings. The van der Waals surface area contributed by atoms with Crippen LogP contribution in [0.25, 0.3) is 0 Å². The zero-order chi connectivity index (χ0) is 14.1. The second-order valence-corrected chi connectivity index (χ2v) is 5.40. The number of anilines is 1. The highest BCUT2D eigenvalue weighted by atomic mass is 79.9. The molecular formula is C15H12BrNO3. The molecule has 0 aromatic heterocycles. The van der Waals surface area contributed by atoms with Crippen molar-refractivity contribution in [2.24, 2.45) is 0 Å². The fourth-order valence-corrected chi connectivity index (χ4v) is 2.37. The third-order valence-electron chi connectivity index (χ3n) is 3.07. The zero-order valence-corrected chi connectivity index (χ0v) is 12.4. The average molecular weight is 334 g/mol. The van der Waals surface area contributed by atoms with E-state index in [1.807, 2.05) is 19.1 Å². The first-order chi connectivity index (χ1) is 9.63. The van der Waals surface area contributed by atoms with Crippen LogP contribution in [0.2, 0.25) is 0 Å². The van der Waals surface area contributed by atoms with Gasteiger partial charge in [-0.3, -0.25) is 4.79 Å². The van der Waals surface area contributed by atoms with Gasteiger partial charge in [0.25, 0.3) is 5.91 Å². The number of benzene rings is 2. The third-order valence-corrected chi connectivity index (χ3v) is 3.57. The number of ether oxygens (including phenoxy) is 2. The van der Waals surface area contributed by atoms with Crippen molar-refractivity contribution in [3.05, 3.63) is 52.0 Å². The van der Waals surface area contributed by atoms with Crippen LogP contribution in [0.5, 0.6) is 11.5 Å². The van der Waals surface area contributed by atoms with Gasteiger partial charge in [-0.1, -0.05) is 22.0 Å². The van der Waals surface area contributed by atoms with Crippen LogP contribution in [-0.2, 0) is 0 Å². The number of hydrogen-bond acceptors (Lipinski definition) is 3. The van der Waals surface area contributed by atoms with Crippen molar-refractivity contribution in [1.29, 1.82) is 0 Å². The quantitative estimate of drug-likeness (QED) is 0.910. The van der Waals surface area contributed by atoms with Gasteiger partial charge in [0, 0.05) is 21.8 Å². The molecule has 0 bridgehead atoms. The summed E-state index contributed by atoms with van der Waals surface area (Å²) < 4.78 is 11.4. The Balaban J connectivity index is 1.84. The smallest absolute Gasteiger partial charge is 0.255 e. The molecule has 0 saturated heterocycles. The van der Waals surface area contributed by atoms with Crippen LogP contribution >= 0.6 is 15.9 Å². The van der Waals surface area contributed by atoms with Crippen LogP contribution in [0.4, 0.5) is 5.69 Å². The van der Waals surface area contributed by atoms with E-state index in [0.717, 1.165) is 10.0 Å². The number of amides is 1. The second-order valence-electron chi connectivity index (χ2n) is 4.48. The van der Waals surface area contributed by atoms with Crippen molar-refractivity contribution in [2.75, 3.05) is 12.1 Å². The first kappa shape index (κ1) is 13.0. The maximum absolute atomic E-state index is 12.3. The van der Waals surface area contributed by atoms with Gasteiger partial charge in [0.1, 0.15) is 0 Å². The van der Waals surface area contributed by atoms with Gasteiger partial charge in [0.15, 0.2) is 11.5 Å². The van der Waals surface area contributed by atoms with Crippen molar-refractivity contribution >= 4 is 27.5 Å². The van der Waals surface area contributed by atoms with Gasteiger partial charge in [-0.05, 0) is 36.8 Å². The summed E-state index contributed by atoms with van der Waals surface area (Å²) in [5, 5.41) is 2.86. The van der Waals surface area contributed by atoms with E-state index < -0.39 is 0 Å². The summed E-state index contributed by atoms with van der Waals surface area (Å²) in [7, 11) is 0. The maximum atomic E-state index is 12.3. The van der Waals surface area contributed by atoms with Crippen molar-refractivity contribution in [2.45, 2.75) is 6.92 Å². The molecule has 1 aliphatic heterocycles. The Kier molecular flexibility index (Phi) is 3.36. The molecule has 1 amide bonds. The van der Waals surface area contributed by atoms with E-state index >= 15 is 0 Å². The molecule has 20 heavy (non-hydrogen) atoms. The molecule has 0 aliphatic carbocycles. The summed E-state index contributed by atoms with van der Waals surface area (Å²) in [5.74, 6) is 1.19. The molecule has 2 aromatic carbocycles. The Morgan fingerprint density at radius 1 is 1.15 bits per heavy atom. The molecule has 2 aromatic rings. The molecule has 0 radical (unpaired) electrons. The van der Waals surface area contributed by atoms with Gasteiger partial charge in [0.2, 0.25) is 6.79 Å². The standard InChI is InChI=1S/C15H12BrNO3/c1-9-2-3-10(16)6-12(9)15(18)17-11-4-5-13-14(7-11)20-8-19-13/h2-7H,8H2,1H3,(H,17,18). The molecule has 1 heterocycles. The summed E-state index contributed by atoms with van der Waals surface area (Å²) in [4.78, 5) is 12.3. The highest BCUT2D eigenvalue weighted by Crippen LogP contribution is 2.34. The van der Waals surface area contributed by atoms with Crippen molar-refractivity contribution < 1.29 is 14.3 Å². The highest BCUT2D eigenvalue weighted by molar-refractivity contribution is 9.10. The number of fused-ring (bicyclic) bond motifs is 1. The molecule has 5 heteroatoms. The van der Waals surface area contributed by atoms with Gasteiger partial charge < -0.3 is 14.8 Å². The number of nitrogens with one attached hydrogen (secondary N) is 1. The van der Waals surface area contributed by atoms with E-state index in [9.17, 15) is 4.79 Å². The molecule has 0 unspecified atom stereocenters. The number of aryl methyl sites for hydroxylation is 1. The number of rotatable bonds is 2. The largest absolute Gasteiger partial charge is 0.454 e. The monoisotopic (exact) mass is 333 g/mol. The molecule has 0 saturated carbocycles. The van der Waals surface area contributed by atoms with Crippen LogP contribution in [0.3, 0.4) is 0 Å². The molecule has 0 atom stereocenters. The van der Waals surface area contributed by atoms with Crippen molar-refractivity contribution in [1.82, 2.24) is 0 Å². The van der Waals surface area contributed by atoms with Crippen LogP contribution < -0.4 is 14.8 Å². The predicted octanol–water partition coefficient (Wildman–Crippen LogP) is 3.74. The number of hydrogen-bond donors (Lipinski definition) is 1. The van der Waals surface area contributed by atoms with Crippen LogP contribution in [0.1, 0.15) is 15.9 Å². The van der Waals surface area contributed by atoms with E-state index in [1.54, 1.807) is 24.3 Å². The molecule has 3 rings (SSSR count). The lowest BCUT2D eigenvalue weighted by molar-refractivity contribution is 0.102. The first-order valence-corrected chi connectivity index (χ1v) is 6.90. The number of carbonyl (C=O) groups is 1. The Bertz CT molecular complexity index is 685. The van der Waals surface area contributed by atoms with E-state index in [0.29, 0.717) is 22.7 Å². The van der Waals surface area contributed by atoms with E-state index in [1.165, 1.54) is 0 Å². The molecular weight excluding hydrogens is 322 g/mol. The van der Waals surface area contributed by atoms with Gasteiger partial charge in [-0.2, -0.15) is 0 Å². The third kappa shape index (κ3) is 2.49. The topological polar surface area (TPSA) is 47.6 Å². The van der Waals surface area contributed by atoms with Gasteiger partial charge in [-0.15, -0.1) is 0 Å². The summed E-state index contributed by atoms with van der Waals surface area (Å²) in [6.07, 6.45) is 0. The zero-order valence-electron chi connectivity index (χ0n) is 10.8. The Morgan fingerprint density at radius 3 is 2.80 bits per heavy atom. The molecule has 4 nitrogen and oxygen atoms in total. The predicted molar refractivity (Wildman–Crippen MR) is 79.4 cm³/mol. The summed E-state index contributed by atoms with van der Waals surface area (Å²) >= 11 is 3.37. The lowest BCUT2D eigenvalue weighted by Gasteiger charge is -2.08. The van der Waals surface area contributed by atoms with Gasteiger partial charge >= 0.3 is 0 Å². The van der Waals surface area contributed by atoms with Crippen LogP contribution in [0, 0.1) is 6.92 Å². The lowest BCUT2D eigenvalue weighted by atomic mass is 10.1. The van der Waals surface area contributed by atoms with Gasteiger partial charge in [0.05, 0.1) is 0 Å². The van der Waals surface area contributed by atoms with E-state index in [4.69, 9.17) is 9.47 Å². The van der Waals surface area contributed by atoms with E-state index in [-0.39, 0.29) is 12.7 Å². The highest BCUT2D eigenvalue weighted by Gasteiger charge is 2.15. The van der Waals surface area contributed by atoms with Gasteiger partial charge in [-0.25, -0.2) is 0 Å². The normalized spacial score (nSPS) is 12.3. The minimum absolute atomic E-state index is 0.150. The average Bonchev–Trinajstić information content (AvgIpc) is 2.89. The summed E-state index contributed by atoms with van der Waals surface area (Å²) in [5.41, 5.74) is 2.24. The molecule has 102 valence electrons. The second kappa shape index (κ2) is 5.17. The molecule has 1 N–H and O–H groups in total. The van der Waals surface area contributed by atoms with Crippen molar-refractivity contribution in [3.8, 4) is 11.5 Å². The Morgan fingerprint density at radius 2 is 1.95 bits per heavy atom. The summed E-state index contributed by atoms with van der Waals surface area (Å²) in [6, 6.07) is 10.9. The minimum Gasteiger partial charge on any atom is -0.454 e. The maximum Gasteiger partial charge on any atom is 0.255 e. The number of carbonyl (C=O) groups excluding carboxylic acids is 1. The fourth-order valence-electron chi connectivity index (χ4n) is 2.01. The van der Waals surface area contributed by atoms with Crippen LogP contribution in [-0.4, -0.2) is 12.7 Å². The summed E-state index contributed by atoms with van der Waals surface area (Å²) in [6.45, 7) is 2.12. The number of halogens is 1. The van der Waals surface area contributed by atoms with Crippen molar-refractivity contribution in [3.63, 3.8) is 0 Å². The SMILES string of the molecule is Cc1ccc(Br)cc1C(=O)Nc1ccc2c(c1)OCO2. The molecule has 1 aliphatic rings. The first-order valence-electron chi connectivity index (χ1n) is 6.10. The van der Waals surface area contributed by atoms with Crippen LogP contribution in [0.15, 0.2) is 40.9 Å². The fraction of sp³-hybridized carbons (Fsp3) is 0.133. The van der Waals surface area contributed by atoms with E-state index in [2.05, 4.69) is 21.2 Å². The molecule has 0 spiro atoms. The Labute approximate surface area is 124 Å². The Hall–Kier alpha value is -2.01. The minimum atomic E-state index is -0.150. The lowest BCUT2D eigenvalue weighted by Crippen LogP contribution is -2.13.